The van der Waals surface area contributed by atoms with E-state index < -0.39 is 12.7 Å². The first-order chi connectivity index (χ1) is 9.19. The van der Waals surface area contributed by atoms with E-state index in [2.05, 4.69) is 10.2 Å². The molecular formula is C15H21FN2O. The Hall–Kier alpha value is -1.42. The van der Waals surface area contributed by atoms with Gasteiger partial charge in [-0.25, -0.2) is 4.39 Å². The molecule has 104 valence electrons. The molecule has 4 heteroatoms. The van der Waals surface area contributed by atoms with E-state index in [-0.39, 0.29) is 5.91 Å². The summed E-state index contributed by atoms with van der Waals surface area (Å²) in [6.45, 7) is 4.35. The third-order valence-corrected chi connectivity index (χ3v) is 3.57. The summed E-state index contributed by atoms with van der Waals surface area (Å²) in [6, 6.07) is 7.09. The second-order valence-corrected chi connectivity index (χ2v) is 5.13. The monoisotopic (exact) mass is 264 g/mol. The number of benzene rings is 1. The summed E-state index contributed by atoms with van der Waals surface area (Å²) >= 11 is 0. The summed E-state index contributed by atoms with van der Waals surface area (Å²) in [5.74, 6) is -0.0740. The Morgan fingerprint density at radius 3 is 2.58 bits per heavy atom. The molecule has 1 aromatic rings. The zero-order valence-corrected chi connectivity index (χ0v) is 11.4. The van der Waals surface area contributed by atoms with Gasteiger partial charge in [0.1, 0.15) is 6.67 Å². The molecule has 0 saturated carbocycles. The van der Waals surface area contributed by atoms with E-state index in [1.807, 2.05) is 31.2 Å². The lowest BCUT2D eigenvalue weighted by molar-refractivity contribution is -0.122. The fourth-order valence-electron chi connectivity index (χ4n) is 2.14. The highest BCUT2D eigenvalue weighted by Gasteiger charge is 2.17. The number of alkyl halides is 1. The lowest BCUT2D eigenvalue weighted by Gasteiger charge is -2.30. The summed E-state index contributed by atoms with van der Waals surface area (Å²) < 4.78 is 13.1. The second kappa shape index (κ2) is 6.66. The molecule has 1 aromatic carbocycles. The van der Waals surface area contributed by atoms with Crippen molar-refractivity contribution in [3.05, 3.63) is 35.4 Å². The minimum atomic E-state index is -0.571. The van der Waals surface area contributed by atoms with Gasteiger partial charge < -0.3 is 10.2 Å². The van der Waals surface area contributed by atoms with Crippen molar-refractivity contribution in [2.45, 2.75) is 25.8 Å². The van der Waals surface area contributed by atoms with Crippen LogP contribution in [0.5, 0.6) is 0 Å². The van der Waals surface area contributed by atoms with E-state index in [1.165, 1.54) is 6.42 Å². The van der Waals surface area contributed by atoms with Crippen LogP contribution in [0.1, 0.15) is 30.0 Å². The lowest BCUT2D eigenvalue weighted by Crippen LogP contribution is -2.40. The zero-order valence-electron chi connectivity index (χ0n) is 11.4. The van der Waals surface area contributed by atoms with Gasteiger partial charge in [-0.15, -0.1) is 0 Å². The van der Waals surface area contributed by atoms with Gasteiger partial charge in [0.25, 0.3) is 0 Å². The van der Waals surface area contributed by atoms with Gasteiger partial charge in [-0.05, 0) is 32.0 Å². The smallest absolute Gasteiger partial charge is 0.221 e. The van der Waals surface area contributed by atoms with Crippen LogP contribution in [-0.4, -0.2) is 37.1 Å². The van der Waals surface area contributed by atoms with Gasteiger partial charge in [0.2, 0.25) is 5.91 Å². The molecule has 1 heterocycles. The molecule has 3 nitrogen and oxygen atoms in total. The fourth-order valence-corrected chi connectivity index (χ4v) is 2.14. The van der Waals surface area contributed by atoms with Crippen LogP contribution < -0.4 is 5.32 Å². The van der Waals surface area contributed by atoms with E-state index in [0.717, 1.165) is 30.8 Å². The minimum absolute atomic E-state index is 0.0740. The topological polar surface area (TPSA) is 32.3 Å². The molecule has 19 heavy (non-hydrogen) atoms. The maximum absolute atomic E-state index is 13.1. The standard InChI is InChI=1S/C15H21FN2O/c1-12-3-5-13(6-4-12)14(11-16)17-15(19)7-10-18-8-2-9-18/h3-6,14H,2,7-11H2,1H3,(H,17,19)/t14-/m0/s1. The average molecular weight is 264 g/mol. The molecule has 0 aromatic heterocycles. The van der Waals surface area contributed by atoms with Crippen LogP contribution in [0.4, 0.5) is 4.39 Å². The highest BCUT2D eigenvalue weighted by molar-refractivity contribution is 5.76. The first-order valence-corrected chi connectivity index (χ1v) is 6.83. The van der Waals surface area contributed by atoms with Crippen LogP contribution in [0.15, 0.2) is 24.3 Å². The van der Waals surface area contributed by atoms with Crippen molar-refractivity contribution >= 4 is 5.91 Å². The maximum Gasteiger partial charge on any atom is 0.221 e. The van der Waals surface area contributed by atoms with E-state index in [4.69, 9.17) is 0 Å². The number of carbonyl (C=O) groups is 1. The van der Waals surface area contributed by atoms with Crippen molar-refractivity contribution in [2.75, 3.05) is 26.3 Å². The fraction of sp³-hybridized carbons (Fsp3) is 0.533. The van der Waals surface area contributed by atoms with Gasteiger partial charge in [0.05, 0.1) is 6.04 Å². The summed E-state index contributed by atoms with van der Waals surface area (Å²) in [7, 11) is 0. The van der Waals surface area contributed by atoms with Crippen LogP contribution >= 0.6 is 0 Å². The Bertz CT molecular complexity index is 415. The highest BCUT2D eigenvalue weighted by Crippen LogP contribution is 2.15. The number of likely N-dealkylation sites (tertiary alicyclic amines) is 1. The molecule has 1 atom stereocenters. The number of hydrogen-bond donors (Lipinski definition) is 1. The number of aryl methyl sites for hydroxylation is 1. The highest BCUT2D eigenvalue weighted by atomic mass is 19.1. The van der Waals surface area contributed by atoms with Gasteiger partial charge in [-0.2, -0.15) is 0 Å². The third kappa shape index (κ3) is 4.03. The zero-order chi connectivity index (χ0) is 13.7. The first-order valence-electron chi connectivity index (χ1n) is 6.83. The van der Waals surface area contributed by atoms with Crippen molar-refractivity contribution < 1.29 is 9.18 Å². The normalized spacial score (nSPS) is 16.7. The quantitative estimate of drug-likeness (QED) is 0.854. The Morgan fingerprint density at radius 1 is 1.37 bits per heavy atom. The van der Waals surface area contributed by atoms with Crippen LogP contribution in [0, 0.1) is 6.92 Å². The summed E-state index contributed by atoms with van der Waals surface area (Å²) in [5.41, 5.74) is 1.95. The van der Waals surface area contributed by atoms with Gasteiger partial charge in [-0.3, -0.25) is 4.79 Å². The number of carbonyl (C=O) groups excluding carboxylic acids is 1. The van der Waals surface area contributed by atoms with Gasteiger partial charge in [0.15, 0.2) is 0 Å². The van der Waals surface area contributed by atoms with Crippen LogP contribution in [0.2, 0.25) is 0 Å². The molecule has 0 spiro atoms. The predicted molar refractivity (Wildman–Crippen MR) is 73.7 cm³/mol. The third-order valence-electron chi connectivity index (χ3n) is 3.57. The Labute approximate surface area is 113 Å². The molecule has 1 N–H and O–H groups in total. The predicted octanol–water partition coefficient (Wildman–Crippen LogP) is 2.22. The Kier molecular flexibility index (Phi) is 4.91. The number of hydrogen-bond acceptors (Lipinski definition) is 2. The van der Waals surface area contributed by atoms with Crippen molar-refractivity contribution in [1.82, 2.24) is 10.2 Å². The molecule has 1 saturated heterocycles. The van der Waals surface area contributed by atoms with E-state index >= 15 is 0 Å². The summed E-state index contributed by atoms with van der Waals surface area (Å²) in [6.07, 6.45) is 1.67. The average Bonchev–Trinajstić information content (AvgIpc) is 2.35. The molecule has 1 aliphatic rings. The van der Waals surface area contributed by atoms with E-state index in [1.54, 1.807) is 0 Å². The molecule has 0 aliphatic carbocycles. The number of halogens is 1. The minimum Gasteiger partial charge on any atom is -0.347 e. The first kappa shape index (κ1) is 14.0. The van der Waals surface area contributed by atoms with Crippen molar-refractivity contribution in [2.24, 2.45) is 0 Å². The molecule has 1 fully saturated rings. The van der Waals surface area contributed by atoms with Crippen LogP contribution in [-0.2, 0) is 4.79 Å². The molecule has 2 rings (SSSR count). The molecule has 0 bridgehead atoms. The number of nitrogens with zero attached hydrogens (tertiary/aromatic N) is 1. The van der Waals surface area contributed by atoms with Crippen molar-refractivity contribution in [1.29, 1.82) is 0 Å². The van der Waals surface area contributed by atoms with Crippen molar-refractivity contribution in [3.63, 3.8) is 0 Å². The number of rotatable bonds is 6. The lowest BCUT2D eigenvalue weighted by atomic mass is 10.1. The van der Waals surface area contributed by atoms with Crippen LogP contribution in [0.25, 0.3) is 0 Å². The summed E-state index contributed by atoms with van der Waals surface area (Å²) in [5, 5.41) is 2.77. The second-order valence-electron chi connectivity index (χ2n) is 5.13. The Balaban J connectivity index is 1.83. The molecule has 0 unspecified atom stereocenters. The van der Waals surface area contributed by atoms with Gasteiger partial charge in [-0.1, -0.05) is 29.8 Å². The SMILES string of the molecule is Cc1ccc([C@H](CF)NC(=O)CCN2CCC2)cc1. The molecule has 0 radical (unpaired) electrons. The Morgan fingerprint density at radius 2 is 2.05 bits per heavy atom. The van der Waals surface area contributed by atoms with Gasteiger partial charge in [0, 0.05) is 13.0 Å². The maximum atomic E-state index is 13.1. The number of amides is 1. The molecule has 1 amide bonds. The van der Waals surface area contributed by atoms with Gasteiger partial charge >= 0.3 is 0 Å². The summed E-state index contributed by atoms with van der Waals surface area (Å²) in [4.78, 5) is 14.0. The van der Waals surface area contributed by atoms with E-state index in [9.17, 15) is 9.18 Å². The molecule has 1 aliphatic heterocycles. The van der Waals surface area contributed by atoms with E-state index in [0.29, 0.717) is 6.42 Å². The van der Waals surface area contributed by atoms with Crippen molar-refractivity contribution in [3.8, 4) is 0 Å². The molecular weight excluding hydrogens is 243 g/mol. The number of nitrogens with one attached hydrogen (secondary N) is 1. The van der Waals surface area contributed by atoms with Crippen LogP contribution in [0.3, 0.4) is 0 Å². The largest absolute Gasteiger partial charge is 0.347 e.